The number of aromatic amines is 1. The zero-order chi connectivity index (χ0) is 29.8. The Hall–Kier alpha value is -4.18. The fraction of sp³-hybridized carbons (Fsp3) is 0.235. The monoisotopic (exact) mass is 635 g/mol. The van der Waals surface area contributed by atoms with Gasteiger partial charge in [-0.3, -0.25) is 14.7 Å². The van der Waals surface area contributed by atoms with Crippen LogP contribution in [0.2, 0.25) is 0 Å². The Morgan fingerprint density at radius 1 is 0.977 bits per heavy atom. The highest BCUT2D eigenvalue weighted by atomic mass is 79.9. The van der Waals surface area contributed by atoms with E-state index in [1.54, 1.807) is 18.6 Å². The number of likely N-dealkylation sites (N-methyl/N-ethyl adjacent to an activating group) is 1. The SMILES string of the molecule is CCN1CCN(Cc2ccc(C(=O)Nc3ccc(-c4[nH]cc(C)c4-c4nccc(-c5cccnc5)n4)cc3)cc2Br)CC1. The van der Waals surface area contributed by atoms with Gasteiger partial charge in [0.2, 0.25) is 0 Å². The Morgan fingerprint density at radius 2 is 1.77 bits per heavy atom. The Bertz CT molecular complexity index is 1710. The number of hydrogen-bond acceptors (Lipinski definition) is 6. The van der Waals surface area contributed by atoms with Gasteiger partial charge in [0, 0.05) is 84.4 Å². The van der Waals surface area contributed by atoms with Crippen LogP contribution in [-0.2, 0) is 6.54 Å². The third kappa shape index (κ3) is 6.59. The zero-order valence-corrected chi connectivity index (χ0v) is 25.9. The number of pyridine rings is 1. The smallest absolute Gasteiger partial charge is 0.255 e. The lowest BCUT2D eigenvalue weighted by molar-refractivity contribution is 0.102. The molecule has 0 aliphatic carbocycles. The fourth-order valence-corrected chi connectivity index (χ4v) is 5.94. The molecule has 0 unspecified atom stereocenters. The van der Waals surface area contributed by atoms with Crippen molar-refractivity contribution in [1.29, 1.82) is 0 Å². The highest BCUT2D eigenvalue weighted by Crippen LogP contribution is 2.33. The quantitative estimate of drug-likeness (QED) is 0.198. The molecule has 1 amide bonds. The molecular formula is C34H34BrN7O. The molecule has 43 heavy (non-hydrogen) atoms. The van der Waals surface area contributed by atoms with Gasteiger partial charge in [0.15, 0.2) is 5.82 Å². The number of nitrogens with zero attached hydrogens (tertiary/aromatic N) is 5. The number of amides is 1. The van der Waals surface area contributed by atoms with E-state index in [9.17, 15) is 4.79 Å². The van der Waals surface area contributed by atoms with Gasteiger partial charge in [0.1, 0.15) is 0 Å². The molecule has 9 heteroatoms. The number of nitrogens with one attached hydrogen (secondary N) is 2. The van der Waals surface area contributed by atoms with Crippen molar-refractivity contribution in [2.24, 2.45) is 0 Å². The average Bonchev–Trinajstić information content (AvgIpc) is 3.44. The lowest BCUT2D eigenvalue weighted by atomic mass is 10.0. The summed E-state index contributed by atoms with van der Waals surface area (Å²) in [7, 11) is 0. The fourth-order valence-electron chi connectivity index (χ4n) is 5.44. The molecule has 1 fully saturated rings. The number of carbonyl (C=O) groups is 1. The van der Waals surface area contributed by atoms with Crippen molar-refractivity contribution in [2.75, 3.05) is 38.0 Å². The molecule has 5 aromatic rings. The average molecular weight is 637 g/mol. The Balaban J connectivity index is 1.14. The van der Waals surface area contributed by atoms with Crippen LogP contribution in [-0.4, -0.2) is 68.4 Å². The lowest BCUT2D eigenvalue weighted by Crippen LogP contribution is -2.45. The van der Waals surface area contributed by atoms with Gasteiger partial charge in [-0.2, -0.15) is 0 Å². The van der Waals surface area contributed by atoms with E-state index in [2.05, 4.69) is 59.0 Å². The number of carbonyl (C=O) groups excluding carboxylic acids is 1. The molecule has 0 spiro atoms. The summed E-state index contributed by atoms with van der Waals surface area (Å²) in [5.74, 6) is 0.498. The third-order valence-electron chi connectivity index (χ3n) is 7.97. The van der Waals surface area contributed by atoms with Crippen molar-refractivity contribution in [3.63, 3.8) is 0 Å². The minimum Gasteiger partial charge on any atom is -0.360 e. The van der Waals surface area contributed by atoms with Crippen LogP contribution in [0.5, 0.6) is 0 Å². The second-order valence-corrected chi connectivity index (χ2v) is 11.6. The van der Waals surface area contributed by atoms with E-state index in [1.807, 2.05) is 67.7 Å². The van der Waals surface area contributed by atoms with Gasteiger partial charge in [-0.05, 0) is 72.6 Å². The molecule has 0 radical (unpaired) electrons. The first-order valence-corrected chi connectivity index (χ1v) is 15.3. The number of anilines is 1. The summed E-state index contributed by atoms with van der Waals surface area (Å²) in [6.07, 6.45) is 7.29. The summed E-state index contributed by atoms with van der Waals surface area (Å²) in [4.78, 5) is 35.1. The molecule has 1 saturated heterocycles. The standard InChI is InChI=1S/C34H34BrN7O/c1-3-41-15-17-42(18-16-41)22-27-7-6-25(19-29(27)35)34(43)39-28-10-8-24(9-11-28)32-31(23(2)20-38-32)33-37-14-12-30(40-33)26-5-4-13-36-21-26/h4-14,19-21,38H,3,15-18,22H2,1-2H3,(H,39,43). The first kappa shape index (κ1) is 28.9. The van der Waals surface area contributed by atoms with Crippen LogP contribution in [0, 0.1) is 6.92 Å². The molecule has 218 valence electrons. The number of aromatic nitrogens is 4. The molecule has 2 aromatic carbocycles. The highest BCUT2D eigenvalue weighted by Gasteiger charge is 2.18. The Morgan fingerprint density at radius 3 is 2.49 bits per heavy atom. The van der Waals surface area contributed by atoms with Crippen LogP contribution >= 0.6 is 15.9 Å². The normalized spacial score (nSPS) is 14.1. The van der Waals surface area contributed by atoms with Crippen LogP contribution in [0.15, 0.2) is 89.9 Å². The molecule has 3 aromatic heterocycles. The lowest BCUT2D eigenvalue weighted by Gasteiger charge is -2.34. The van der Waals surface area contributed by atoms with Crippen LogP contribution < -0.4 is 5.32 Å². The van der Waals surface area contributed by atoms with Gasteiger partial charge in [0.05, 0.1) is 11.4 Å². The van der Waals surface area contributed by atoms with Crippen LogP contribution in [0.25, 0.3) is 33.9 Å². The van der Waals surface area contributed by atoms with E-state index in [4.69, 9.17) is 4.98 Å². The number of hydrogen-bond donors (Lipinski definition) is 2. The molecular weight excluding hydrogens is 602 g/mol. The highest BCUT2D eigenvalue weighted by molar-refractivity contribution is 9.10. The van der Waals surface area contributed by atoms with Gasteiger partial charge < -0.3 is 15.2 Å². The number of benzene rings is 2. The molecule has 1 aliphatic heterocycles. The second-order valence-electron chi connectivity index (χ2n) is 10.8. The van der Waals surface area contributed by atoms with E-state index >= 15 is 0 Å². The predicted octanol–water partition coefficient (Wildman–Crippen LogP) is 6.66. The van der Waals surface area contributed by atoms with Gasteiger partial charge in [0.25, 0.3) is 5.91 Å². The number of aryl methyl sites for hydroxylation is 1. The maximum absolute atomic E-state index is 13.1. The van der Waals surface area contributed by atoms with Crippen molar-refractivity contribution in [3.05, 3.63) is 107 Å². The maximum atomic E-state index is 13.1. The van der Waals surface area contributed by atoms with Gasteiger partial charge >= 0.3 is 0 Å². The first-order valence-electron chi connectivity index (χ1n) is 14.5. The molecule has 4 heterocycles. The summed E-state index contributed by atoms with van der Waals surface area (Å²) < 4.78 is 0.956. The second kappa shape index (κ2) is 13.0. The summed E-state index contributed by atoms with van der Waals surface area (Å²) in [6.45, 7) is 10.6. The number of piperazine rings is 1. The molecule has 6 rings (SSSR count). The van der Waals surface area contributed by atoms with Gasteiger partial charge in [-0.25, -0.2) is 9.97 Å². The number of rotatable bonds is 8. The summed E-state index contributed by atoms with van der Waals surface area (Å²) in [5.41, 5.74) is 8.18. The minimum absolute atomic E-state index is 0.145. The first-order chi connectivity index (χ1) is 21.0. The summed E-state index contributed by atoms with van der Waals surface area (Å²) in [6, 6.07) is 19.5. The largest absolute Gasteiger partial charge is 0.360 e. The van der Waals surface area contributed by atoms with E-state index in [0.717, 1.165) is 83.1 Å². The predicted molar refractivity (Wildman–Crippen MR) is 175 cm³/mol. The molecule has 0 bridgehead atoms. The van der Waals surface area contributed by atoms with Crippen molar-refractivity contribution in [1.82, 2.24) is 29.7 Å². The molecule has 0 atom stereocenters. The van der Waals surface area contributed by atoms with Gasteiger partial charge in [-0.15, -0.1) is 0 Å². The van der Waals surface area contributed by atoms with E-state index in [-0.39, 0.29) is 5.91 Å². The van der Waals surface area contributed by atoms with Crippen molar-refractivity contribution in [2.45, 2.75) is 20.4 Å². The van der Waals surface area contributed by atoms with Crippen LogP contribution in [0.4, 0.5) is 5.69 Å². The van der Waals surface area contributed by atoms with Crippen molar-refractivity contribution >= 4 is 27.5 Å². The zero-order valence-electron chi connectivity index (χ0n) is 24.3. The van der Waals surface area contributed by atoms with Crippen LogP contribution in [0.3, 0.4) is 0 Å². The Kier molecular flexibility index (Phi) is 8.74. The van der Waals surface area contributed by atoms with Crippen molar-refractivity contribution in [3.8, 4) is 33.9 Å². The van der Waals surface area contributed by atoms with Crippen molar-refractivity contribution < 1.29 is 4.79 Å². The summed E-state index contributed by atoms with van der Waals surface area (Å²) >= 11 is 3.70. The molecule has 8 nitrogen and oxygen atoms in total. The maximum Gasteiger partial charge on any atom is 0.255 e. The van der Waals surface area contributed by atoms with E-state index < -0.39 is 0 Å². The number of halogens is 1. The molecule has 0 saturated carbocycles. The van der Waals surface area contributed by atoms with E-state index in [1.165, 1.54) is 5.56 Å². The molecule has 2 N–H and O–H groups in total. The summed E-state index contributed by atoms with van der Waals surface area (Å²) in [5, 5.41) is 3.04. The van der Waals surface area contributed by atoms with Crippen LogP contribution in [0.1, 0.15) is 28.4 Å². The molecule has 1 aliphatic rings. The van der Waals surface area contributed by atoms with Gasteiger partial charge in [-0.1, -0.05) is 41.1 Å². The Labute approximate surface area is 260 Å². The van der Waals surface area contributed by atoms with E-state index in [0.29, 0.717) is 11.4 Å². The topological polar surface area (TPSA) is 90.0 Å². The third-order valence-corrected chi connectivity index (χ3v) is 8.70. The number of H-pyrrole nitrogens is 1. The minimum atomic E-state index is -0.145.